The molecule has 0 radical (unpaired) electrons. The van der Waals surface area contributed by atoms with Gasteiger partial charge in [-0.15, -0.1) is 0 Å². The van der Waals surface area contributed by atoms with Crippen molar-refractivity contribution in [3.8, 4) is 0 Å². The number of carbonyl (C=O) groups is 1. The van der Waals surface area contributed by atoms with E-state index >= 15 is 0 Å². The molecule has 0 unspecified atom stereocenters. The summed E-state index contributed by atoms with van der Waals surface area (Å²) in [6, 6.07) is 10.6. The lowest BCUT2D eigenvalue weighted by Gasteiger charge is -2.36. The van der Waals surface area contributed by atoms with E-state index in [1.165, 1.54) is 29.6 Å². The first kappa shape index (κ1) is 19.8. The number of amidine groups is 1. The molecule has 31 heavy (non-hydrogen) atoms. The van der Waals surface area contributed by atoms with Crippen molar-refractivity contribution in [2.45, 2.75) is 19.3 Å². The third kappa shape index (κ3) is 3.83. The van der Waals surface area contributed by atoms with Gasteiger partial charge in [0, 0.05) is 11.1 Å². The number of nitrogens with zero attached hydrogens (tertiary/aromatic N) is 5. The lowest BCUT2D eigenvalue weighted by atomic mass is 9.99. The number of rotatable bonds is 3. The van der Waals surface area contributed by atoms with E-state index in [0.29, 0.717) is 35.0 Å². The minimum absolute atomic E-state index is 0.0887. The molecule has 0 saturated carbocycles. The summed E-state index contributed by atoms with van der Waals surface area (Å²) in [5, 5.41) is 6.10. The highest BCUT2D eigenvalue weighted by atomic mass is 19.1. The molecule has 0 aromatic heterocycles. The second-order valence-electron chi connectivity index (χ2n) is 8.02. The van der Waals surface area contributed by atoms with Crippen LogP contribution in [0.4, 0.5) is 14.5 Å². The molecular formula is C23H23F2N5O. The number of carbonyl (C=O) groups excluding carboxylic acids is 1. The fourth-order valence-corrected chi connectivity index (χ4v) is 4.35. The molecular weight excluding hydrogens is 400 g/mol. The van der Waals surface area contributed by atoms with E-state index in [1.807, 2.05) is 0 Å². The summed E-state index contributed by atoms with van der Waals surface area (Å²) >= 11 is 0. The Morgan fingerprint density at radius 2 is 1.77 bits per heavy atom. The van der Waals surface area contributed by atoms with E-state index in [9.17, 15) is 13.6 Å². The fourth-order valence-electron chi connectivity index (χ4n) is 4.35. The number of fused-ring (bicyclic) bond motifs is 3. The van der Waals surface area contributed by atoms with Crippen molar-refractivity contribution in [3.63, 3.8) is 0 Å². The van der Waals surface area contributed by atoms with Crippen LogP contribution in [0.15, 0.2) is 52.6 Å². The maximum Gasteiger partial charge on any atom is 0.263 e. The summed E-state index contributed by atoms with van der Waals surface area (Å²) in [6.45, 7) is 2.62. The number of likely N-dealkylation sites (tertiary alicyclic amines) is 1. The number of piperidine rings is 1. The maximum absolute atomic E-state index is 14.6. The number of amides is 1. The Bertz CT molecular complexity index is 1080. The summed E-state index contributed by atoms with van der Waals surface area (Å²) in [7, 11) is 0. The van der Waals surface area contributed by atoms with Gasteiger partial charge in [0.25, 0.3) is 5.91 Å². The van der Waals surface area contributed by atoms with E-state index in [0.717, 1.165) is 25.9 Å². The van der Waals surface area contributed by atoms with Gasteiger partial charge in [-0.05, 0) is 56.3 Å². The van der Waals surface area contributed by atoms with Gasteiger partial charge in [0.1, 0.15) is 18.2 Å². The zero-order valence-electron chi connectivity index (χ0n) is 17.1. The molecule has 2 aromatic rings. The van der Waals surface area contributed by atoms with Gasteiger partial charge in [-0.25, -0.2) is 13.8 Å². The van der Waals surface area contributed by atoms with Crippen LogP contribution in [0.2, 0.25) is 0 Å². The van der Waals surface area contributed by atoms with Crippen molar-refractivity contribution >= 4 is 23.1 Å². The molecule has 3 heterocycles. The smallest absolute Gasteiger partial charge is 0.263 e. The molecule has 5 rings (SSSR count). The van der Waals surface area contributed by atoms with Crippen molar-refractivity contribution in [3.05, 3.63) is 65.2 Å². The van der Waals surface area contributed by atoms with E-state index in [1.54, 1.807) is 29.2 Å². The number of halogens is 2. The zero-order chi connectivity index (χ0) is 21.4. The van der Waals surface area contributed by atoms with Crippen molar-refractivity contribution in [1.29, 1.82) is 0 Å². The molecule has 0 atom stereocenters. The second kappa shape index (κ2) is 8.19. The largest absolute Gasteiger partial charge is 0.317 e. The van der Waals surface area contributed by atoms with E-state index in [-0.39, 0.29) is 19.0 Å². The minimum Gasteiger partial charge on any atom is -0.317 e. The monoisotopic (exact) mass is 423 g/mol. The molecule has 0 bridgehead atoms. The Labute approximate surface area is 179 Å². The highest BCUT2D eigenvalue weighted by molar-refractivity contribution is 6.21. The van der Waals surface area contributed by atoms with Gasteiger partial charge < -0.3 is 4.90 Å². The molecule has 1 fully saturated rings. The lowest BCUT2D eigenvalue weighted by molar-refractivity contribution is -0.132. The summed E-state index contributed by atoms with van der Waals surface area (Å²) in [5.74, 6) is -0.408. The average molecular weight is 423 g/mol. The lowest BCUT2D eigenvalue weighted by Crippen LogP contribution is -2.51. The number of anilines is 1. The molecule has 0 aliphatic carbocycles. The molecule has 0 spiro atoms. The fraction of sp³-hybridized carbons (Fsp3) is 0.348. The Hall–Kier alpha value is -3.13. The van der Waals surface area contributed by atoms with Crippen LogP contribution in [0.25, 0.3) is 0 Å². The van der Waals surface area contributed by atoms with Gasteiger partial charge in [0.2, 0.25) is 0 Å². The van der Waals surface area contributed by atoms with Crippen molar-refractivity contribution in [2.75, 3.05) is 37.7 Å². The minimum atomic E-state index is -0.446. The Morgan fingerprint density at radius 3 is 2.58 bits per heavy atom. The molecule has 1 amide bonds. The van der Waals surface area contributed by atoms with Gasteiger partial charge in [0.15, 0.2) is 5.84 Å². The summed E-state index contributed by atoms with van der Waals surface area (Å²) in [5.41, 5.74) is 1.71. The number of hydrogen-bond acceptors (Lipinski definition) is 5. The van der Waals surface area contributed by atoms with Crippen molar-refractivity contribution in [2.24, 2.45) is 10.1 Å². The van der Waals surface area contributed by atoms with Crippen LogP contribution in [-0.4, -0.2) is 60.2 Å². The SMILES string of the molecule is O=C1CN2C(=NN1CN1CCCCC1)CN=C(c1ccccc1F)c1cc(F)ccc12. The summed E-state index contributed by atoms with van der Waals surface area (Å²) in [6.07, 6.45) is 3.47. The predicted octanol–water partition coefficient (Wildman–Crippen LogP) is 3.22. The van der Waals surface area contributed by atoms with E-state index < -0.39 is 11.6 Å². The van der Waals surface area contributed by atoms with Crippen molar-refractivity contribution < 1.29 is 13.6 Å². The Kier molecular flexibility index (Phi) is 5.23. The normalized spacial score (nSPS) is 19.4. The Morgan fingerprint density at radius 1 is 0.968 bits per heavy atom. The number of aliphatic imine (C=N–C) groups is 1. The van der Waals surface area contributed by atoms with Gasteiger partial charge in [-0.3, -0.25) is 14.7 Å². The van der Waals surface area contributed by atoms with Gasteiger partial charge >= 0.3 is 0 Å². The second-order valence-corrected chi connectivity index (χ2v) is 8.02. The van der Waals surface area contributed by atoms with Crippen LogP contribution in [0.1, 0.15) is 30.4 Å². The van der Waals surface area contributed by atoms with Crippen molar-refractivity contribution in [1.82, 2.24) is 9.91 Å². The predicted molar refractivity (Wildman–Crippen MR) is 115 cm³/mol. The standard InChI is InChI=1S/C23H23F2N5O/c24-16-8-9-20-18(12-16)23(17-6-2-3-7-19(17)25)26-13-21-27-30(22(31)14-29(20)21)15-28-10-4-1-5-11-28/h2-3,6-9,12H,1,4-5,10-11,13-15H2. The van der Waals surface area contributed by atoms with Gasteiger partial charge in [-0.2, -0.15) is 5.10 Å². The topological polar surface area (TPSA) is 51.5 Å². The zero-order valence-corrected chi connectivity index (χ0v) is 17.1. The first-order chi connectivity index (χ1) is 15.1. The first-order valence-electron chi connectivity index (χ1n) is 10.6. The number of benzene rings is 2. The Balaban J connectivity index is 1.55. The number of hydrogen-bond donors (Lipinski definition) is 0. The maximum atomic E-state index is 14.6. The molecule has 3 aliphatic heterocycles. The molecule has 6 nitrogen and oxygen atoms in total. The first-order valence-corrected chi connectivity index (χ1v) is 10.6. The van der Waals surface area contributed by atoms with Crippen LogP contribution in [0.5, 0.6) is 0 Å². The third-order valence-corrected chi connectivity index (χ3v) is 5.92. The van der Waals surface area contributed by atoms with Crippen LogP contribution in [0, 0.1) is 11.6 Å². The average Bonchev–Trinajstić information content (AvgIpc) is 2.92. The van der Waals surface area contributed by atoms with Crippen LogP contribution in [0.3, 0.4) is 0 Å². The molecule has 160 valence electrons. The third-order valence-electron chi connectivity index (χ3n) is 5.92. The molecule has 8 heteroatoms. The van der Waals surface area contributed by atoms with E-state index in [2.05, 4.69) is 15.0 Å². The molecule has 1 saturated heterocycles. The summed E-state index contributed by atoms with van der Waals surface area (Å²) in [4.78, 5) is 21.5. The highest BCUT2D eigenvalue weighted by Crippen LogP contribution is 2.30. The van der Waals surface area contributed by atoms with Crippen LogP contribution >= 0.6 is 0 Å². The molecule has 2 aromatic carbocycles. The summed E-state index contributed by atoms with van der Waals surface area (Å²) < 4.78 is 28.7. The van der Waals surface area contributed by atoms with Crippen LogP contribution in [-0.2, 0) is 4.79 Å². The molecule has 3 aliphatic rings. The van der Waals surface area contributed by atoms with Gasteiger partial charge in [-0.1, -0.05) is 18.6 Å². The quantitative estimate of drug-likeness (QED) is 0.762. The number of hydrazone groups is 1. The van der Waals surface area contributed by atoms with Gasteiger partial charge in [0.05, 0.1) is 24.6 Å². The van der Waals surface area contributed by atoms with Crippen LogP contribution < -0.4 is 4.90 Å². The van der Waals surface area contributed by atoms with E-state index in [4.69, 9.17) is 0 Å². The highest BCUT2D eigenvalue weighted by Gasteiger charge is 2.33. The molecule has 0 N–H and O–H groups in total.